The molecule has 1 amide bonds. The molecular formula is C12H14ClNO. The van der Waals surface area contributed by atoms with E-state index in [1.807, 2.05) is 30.3 Å². The first-order chi connectivity index (χ1) is 7.24. The maximum atomic E-state index is 11.4. The van der Waals surface area contributed by atoms with Crippen molar-refractivity contribution in [2.75, 3.05) is 6.54 Å². The number of carbonyl (C=O) groups excluding carboxylic acids is 1. The molecule has 0 bridgehead atoms. The van der Waals surface area contributed by atoms with Crippen LogP contribution in [0.2, 0.25) is 0 Å². The minimum atomic E-state index is -0.521. The van der Waals surface area contributed by atoms with Crippen LogP contribution in [0.25, 0.3) is 0 Å². The summed E-state index contributed by atoms with van der Waals surface area (Å²) in [6, 6.07) is 9.71. The summed E-state index contributed by atoms with van der Waals surface area (Å²) in [7, 11) is 0. The van der Waals surface area contributed by atoms with Crippen molar-refractivity contribution in [1.29, 1.82) is 0 Å². The SMILES string of the molecule is C=CCNC(=O)C(Cl)Cc1ccccc1. The third-order valence-corrected chi connectivity index (χ3v) is 2.32. The van der Waals surface area contributed by atoms with Gasteiger partial charge in [0.25, 0.3) is 0 Å². The van der Waals surface area contributed by atoms with Crippen LogP contribution in [0.15, 0.2) is 43.0 Å². The normalized spacial score (nSPS) is 11.8. The third kappa shape index (κ3) is 4.17. The zero-order valence-electron chi connectivity index (χ0n) is 8.45. The van der Waals surface area contributed by atoms with Gasteiger partial charge in [-0.3, -0.25) is 4.79 Å². The Kier molecular flexibility index (Phi) is 4.91. The molecule has 0 fully saturated rings. The van der Waals surface area contributed by atoms with Gasteiger partial charge in [-0.15, -0.1) is 18.2 Å². The van der Waals surface area contributed by atoms with E-state index in [9.17, 15) is 4.79 Å². The van der Waals surface area contributed by atoms with Crippen LogP contribution in [-0.2, 0) is 11.2 Å². The fraction of sp³-hybridized carbons (Fsp3) is 0.250. The first-order valence-corrected chi connectivity index (χ1v) is 5.24. The van der Waals surface area contributed by atoms with Crippen molar-refractivity contribution >= 4 is 17.5 Å². The van der Waals surface area contributed by atoms with Crippen LogP contribution in [0, 0.1) is 0 Å². The van der Waals surface area contributed by atoms with Crippen molar-refractivity contribution < 1.29 is 4.79 Å². The molecule has 0 aliphatic carbocycles. The van der Waals surface area contributed by atoms with Gasteiger partial charge in [0.05, 0.1) is 0 Å². The largest absolute Gasteiger partial charge is 0.351 e. The molecule has 0 aliphatic heterocycles. The zero-order valence-corrected chi connectivity index (χ0v) is 9.20. The molecule has 1 atom stereocenters. The molecule has 80 valence electrons. The van der Waals surface area contributed by atoms with Crippen molar-refractivity contribution in [3.63, 3.8) is 0 Å². The first kappa shape index (κ1) is 11.8. The molecule has 0 saturated heterocycles. The van der Waals surface area contributed by atoms with E-state index in [-0.39, 0.29) is 5.91 Å². The molecule has 0 spiro atoms. The lowest BCUT2D eigenvalue weighted by molar-refractivity contribution is -0.120. The number of carbonyl (C=O) groups is 1. The Labute approximate surface area is 94.9 Å². The summed E-state index contributed by atoms with van der Waals surface area (Å²) in [5.41, 5.74) is 1.06. The third-order valence-electron chi connectivity index (χ3n) is 1.96. The van der Waals surface area contributed by atoms with Gasteiger partial charge >= 0.3 is 0 Å². The molecule has 15 heavy (non-hydrogen) atoms. The molecule has 2 nitrogen and oxygen atoms in total. The van der Waals surface area contributed by atoms with Gasteiger partial charge < -0.3 is 5.32 Å². The van der Waals surface area contributed by atoms with E-state index in [0.717, 1.165) is 5.56 Å². The van der Waals surface area contributed by atoms with Gasteiger partial charge in [-0.05, 0) is 12.0 Å². The minimum absolute atomic E-state index is 0.152. The zero-order chi connectivity index (χ0) is 11.1. The molecule has 0 radical (unpaired) electrons. The first-order valence-electron chi connectivity index (χ1n) is 4.80. The molecule has 0 heterocycles. The molecule has 0 saturated carbocycles. The van der Waals surface area contributed by atoms with Crippen LogP contribution in [0.1, 0.15) is 5.56 Å². The maximum absolute atomic E-state index is 11.4. The van der Waals surface area contributed by atoms with E-state index < -0.39 is 5.38 Å². The highest BCUT2D eigenvalue weighted by Crippen LogP contribution is 2.07. The number of rotatable bonds is 5. The Hall–Kier alpha value is -1.28. The lowest BCUT2D eigenvalue weighted by atomic mass is 10.1. The Balaban J connectivity index is 2.45. The number of benzene rings is 1. The summed E-state index contributed by atoms with van der Waals surface area (Å²) < 4.78 is 0. The van der Waals surface area contributed by atoms with Gasteiger partial charge in [-0.1, -0.05) is 36.4 Å². The fourth-order valence-electron chi connectivity index (χ4n) is 1.20. The summed E-state index contributed by atoms with van der Waals surface area (Å²) in [4.78, 5) is 11.4. The molecule has 1 aromatic carbocycles. The number of halogens is 1. The van der Waals surface area contributed by atoms with Crippen molar-refractivity contribution in [2.24, 2.45) is 0 Å². The molecule has 0 aliphatic rings. The summed E-state index contributed by atoms with van der Waals surface area (Å²) in [5, 5.41) is 2.14. The van der Waals surface area contributed by atoms with Crippen molar-refractivity contribution in [3.8, 4) is 0 Å². The fourth-order valence-corrected chi connectivity index (χ4v) is 1.45. The van der Waals surface area contributed by atoms with E-state index in [1.54, 1.807) is 6.08 Å². The number of alkyl halides is 1. The summed E-state index contributed by atoms with van der Waals surface area (Å²) in [5.74, 6) is -0.152. The standard InChI is InChI=1S/C12H14ClNO/c1-2-8-14-12(15)11(13)9-10-6-4-3-5-7-10/h2-7,11H,1,8-9H2,(H,14,15). The predicted octanol–water partition coefficient (Wildman–Crippen LogP) is 2.14. The Morgan fingerprint density at radius 1 is 1.47 bits per heavy atom. The maximum Gasteiger partial charge on any atom is 0.238 e. The molecule has 3 heteroatoms. The second kappa shape index (κ2) is 6.25. The minimum Gasteiger partial charge on any atom is -0.351 e. The van der Waals surface area contributed by atoms with Gasteiger partial charge in [0.2, 0.25) is 5.91 Å². The van der Waals surface area contributed by atoms with Crippen molar-refractivity contribution in [1.82, 2.24) is 5.32 Å². The average Bonchev–Trinajstić information content (AvgIpc) is 2.27. The van der Waals surface area contributed by atoms with Crippen LogP contribution in [0.3, 0.4) is 0 Å². The molecule has 1 N–H and O–H groups in total. The molecular weight excluding hydrogens is 210 g/mol. The van der Waals surface area contributed by atoms with Crippen LogP contribution < -0.4 is 5.32 Å². The lowest BCUT2D eigenvalue weighted by Crippen LogP contribution is -2.32. The topological polar surface area (TPSA) is 29.1 Å². The lowest BCUT2D eigenvalue weighted by Gasteiger charge is -2.08. The van der Waals surface area contributed by atoms with Crippen molar-refractivity contribution in [2.45, 2.75) is 11.8 Å². The average molecular weight is 224 g/mol. The second-order valence-electron chi connectivity index (χ2n) is 3.19. The van der Waals surface area contributed by atoms with E-state index in [1.165, 1.54) is 0 Å². The Morgan fingerprint density at radius 2 is 2.13 bits per heavy atom. The van der Waals surface area contributed by atoms with E-state index >= 15 is 0 Å². The number of nitrogens with one attached hydrogen (secondary N) is 1. The Bertz CT molecular complexity index is 324. The monoisotopic (exact) mass is 223 g/mol. The van der Waals surface area contributed by atoms with E-state index in [0.29, 0.717) is 13.0 Å². The summed E-state index contributed by atoms with van der Waals surface area (Å²) in [6.07, 6.45) is 2.18. The summed E-state index contributed by atoms with van der Waals surface area (Å²) in [6.45, 7) is 3.97. The number of hydrogen-bond acceptors (Lipinski definition) is 1. The second-order valence-corrected chi connectivity index (χ2v) is 3.72. The van der Waals surface area contributed by atoms with Gasteiger partial charge in [0, 0.05) is 6.54 Å². The molecule has 1 unspecified atom stereocenters. The van der Waals surface area contributed by atoms with Gasteiger partial charge in [0.1, 0.15) is 5.38 Å². The van der Waals surface area contributed by atoms with E-state index in [2.05, 4.69) is 11.9 Å². The van der Waals surface area contributed by atoms with Crippen LogP contribution >= 0.6 is 11.6 Å². The number of hydrogen-bond donors (Lipinski definition) is 1. The Morgan fingerprint density at radius 3 is 2.73 bits per heavy atom. The molecule has 1 aromatic rings. The highest BCUT2D eigenvalue weighted by molar-refractivity contribution is 6.30. The summed E-state index contributed by atoms with van der Waals surface area (Å²) >= 11 is 5.96. The van der Waals surface area contributed by atoms with Crippen LogP contribution in [0.5, 0.6) is 0 Å². The highest BCUT2D eigenvalue weighted by Gasteiger charge is 2.14. The predicted molar refractivity (Wildman–Crippen MR) is 63.0 cm³/mol. The van der Waals surface area contributed by atoms with Crippen molar-refractivity contribution in [3.05, 3.63) is 48.6 Å². The molecule has 0 aromatic heterocycles. The smallest absolute Gasteiger partial charge is 0.238 e. The number of amides is 1. The van der Waals surface area contributed by atoms with E-state index in [4.69, 9.17) is 11.6 Å². The quantitative estimate of drug-likeness (QED) is 0.602. The van der Waals surface area contributed by atoms with Crippen LogP contribution in [-0.4, -0.2) is 17.8 Å². The molecule has 1 rings (SSSR count). The van der Waals surface area contributed by atoms with Gasteiger partial charge in [0.15, 0.2) is 0 Å². The van der Waals surface area contributed by atoms with Gasteiger partial charge in [-0.2, -0.15) is 0 Å². The van der Waals surface area contributed by atoms with Gasteiger partial charge in [-0.25, -0.2) is 0 Å². The van der Waals surface area contributed by atoms with Crippen LogP contribution in [0.4, 0.5) is 0 Å². The highest BCUT2D eigenvalue weighted by atomic mass is 35.5.